The number of aliphatic hydroxyl groups excluding tert-OH is 1. The summed E-state index contributed by atoms with van der Waals surface area (Å²) in [4.78, 5) is 27.6. The Kier molecular flexibility index (Phi) is 5.65. The van der Waals surface area contributed by atoms with Crippen LogP contribution in [0.2, 0.25) is 0 Å². The lowest BCUT2D eigenvalue weighted by Crippen LogP contribution is -2.32. The Morgan fingerprint density at radius 3 is 2.56 bits per heavy atom. The van der Waals surface area contributed by atoms with Crippen molar-refractivity contribution in [3.8, 4) is 5.75 Å². The second kappa shape index (κ2) is 8.78. The second-order valence-electron chi connectivity index (χ2n) is 8.70. The number of Topliss-reactive ketones (excluding diaryl/α,β-unsaturated/α-hetero) is 1. The molecule has 1 fully saturated rings. The van der Waals surface area contributed by atoms with E-state index in [9.17, 15) is 19.1 Å². The zero-order chi connectivity index (χ0) is 23.8. The molecule has 0 aliphatic carbocycles. The molecule has 5 nitrogen and oxygen atoms in total. The van der Waals surface area contributed by atoms with Crippen LogP contribution in [0.25, 0.3) is 5.76 Å². The van der Waals surface area contributed by atoms with Gasteiger partial charge in [-0.05, 0) is 48.7 Å². The van der Waals surface area contributed by atoms with Crippen molar-refractivity contribution < 1.29 is 23.8 Å². The number of fused-ring (bicyclic) bond motifs is 1. The number of likely N-dealkylation sites (tertiary alicyclic amines) is 1. The highest BCUT2D eigenvalue weighted by atomic mass is 19.1. The van der Waals surface area contributed by atoms with Crippen LogP contribution in [-0.2, 0) is 22.4 Å². The van der Waals surface area contributed by atoms with Crippen LogP contribution in [-0.4, -0.2) is 34.3 Å². The van der Waals surface area contributed by atoms with E-state index in [4.69, 9.17) is 4.74 Å². The van der Waals surface area contributed by atoms with Crippen LogP contribution in [0.15, 0.2) is 78.4 Å². The molecule has 2 unspecified atom stereocenters. The zero-order valence-corrected chi connectivity index (χ0v) is 18.7. The van der Waals surface area contributed by atoms with Gasteiger partial charge in [-0.3, -0.25) is 9.59 Å². The van der Waals surface area contributed by atoms with E-state index in [1.807, 2.05) is 37.3 Å². The van der Waals surface area contributed by atoms with E-state index in [1.165, 1.54) is 11.0 Å². The molecule has 3 aromatic carbocycles. The number of carbonyl (C=O) groups is 2. The first-order chi connectivity index (χ1) is 16.4. The number of rotatable bonds is 5. The molecule has 3 aromatic rings. The van der Waals surface area contributed by atoms with Crippen molar-refractivity contribution in [3.05, 3.63) is 106 Å². The van der Waals surface area contributed by atoms with Crippen molar-refractivity contribution in [1.82, 2.24) is 4.90 Å². The Balaban J connectivity index is 1.59. The maximum atomic E-state index is 14.9. The molecule has 2 atom stereocenters. The van der Waals surface area contributed by atoms with Gasteiger partial charge in [0.1, 0.15) is 23.4 Å². The number of halogens is 1. The van der Waals surface area contributed by atoms with Crippen LogP contribution < -0.4 is 4.74 Å². The van der Waals surface area contributed by atoms with E-state index in [1.54, 1.807) is 36.4 Å². The number of benzene rings is 3. The molecule has 1 N–H and O–H groups in total. The Morgan fingerprint density at radius 1 is 1.06 bits per heavy atom. The molecule has 2 aliphatic rings. The molecule has 1 saturated heterocycles. The van der Waals surface area contributed by atoms with Gasteiger partial charge in [-0.2, -0.15) is 0 Å². The lowest BCUT2D eigenvalue weighted by Gasteiger charge is -2.25. The van der Waals surface area contributed by atoms with Gasteiger partial charge in [-0.15, -0.1) is 0 Å². The van der Waals surface area contributed by atoms with Crippen molar-refractivity contribution >= 4 is 17.4 Å². The molecular weight excluding hydrogens is 433 g/mol. The highest BCUT2D eigenvalue weighted by molar-refractivity contribution is 6.46. The third-order valence-electron chi connectivity index (χ3n) is 6.39. The van der Waals surface area contributed by atoms with Gasteiger partial charge in [0.15, 0.2) is 0 Å². The summed E-state index contributed by atoms with van der Waals surface area (Å²) >= 11 is 0. The molecule has 2 aliphatic heterocycles. The van der Waals surface area contributed by atoms with Crippen molar-refractivity contribution in [1.29, 1.82) is 0 Å². The van der Waals surface area contributed by atoms with Crippen molar-refractivity contribution in [2.75, 3.05) is 6.54 Å². The summed E-state index contributed by atoms with van der Waals surface area (Å²) in [6.07, 6.45) is 1.19. The maximum absolute atomic E-state index is 14.9. The molecule has 172 valence electrons. The molecule has 0 bridgehead atoms. The fourth-order valence-corrected chi connectivity index (χ4v) is 4.75. The quantitative estimate of drug-likeness (QED) is 0.339. The fraction of sp³-hybridized carbons (Fsp3) is 0.214. The minimum absolute atomic E-state index is 0.0226. The lowest BCUT2D eigenvalue weighted by atomic mass is 9.94. The highest BCUT2D eigenvalue weighted by Crippen LogP contribution is 2.41. The summed E-state index contributed by atoms with van der Waals surface area (Å²) in [5, 5.41) is 11.2. The van der Waals surface area contributed by atoms with E-state index in [-0.39, 0.29) is 29.5 Å². The third-order valence-corrected chi connectivity index (χ3v) is 6.39. The van der Waals surface area contributed by atoms with E-state index >= 15 is 0 Å². The predicted molar refractivity (Wildman–Crippen MR) is 126 cm³/mol. The molecule has 5 rings (SSSR count). The molecule has 0 radical (unpaired) electrons. The average Bonchev–Trinajstić information content (AvgIpc) is 3.33. The average molecular weight is 458 g/mol. The monoisotopic (exact) mass is 457 g/mol. The first-order valence-electron chi connectivity index (χ1n) is 11.3. The van der Waals surface area contributed by atoms with E-state index in [0.29, 0.717) is 18.4 Å². The number of aliphatic hydroxyl groups is 1. The number of carbonyl (C=O) groups excluding carboxylic acids is 2. The van der Waals surface area contributed by atoms with Crippen LogP contribution in [0.1, 0.15) is 35.2 Å². The molecule has 6 heteroatoms. The van der Waals surface area contributed by atoms with Crippen molar-refractivity contribution in [2.24, 2.45) is 0 Å². The van der Waals surface area contributed by atoms with E-state index in [0.717, 1.165) is 16.9 Å². The number of nitrogens with zero attached hydrogens (tertiary/aromatic N) is 1. The third kappa shape index (κ3) is 3.85. The summed E-state index contributed by atoms with van der Waals surface area (Å²) in [6.45, 7) is 2.16. The normalized spacial score (nSPS) is 20.9. The van der Waals surface area contributed by atoms with Gasteiger partial charge in [-0.25, -0.2) is 4.39 Å². The van der Waals surface area contributed by atoms with Crippen molar-refractivity contribution in [2.45, 2.75) is 31.9 Å². The zero-order valence-electron chi connectivity index (χ0n) is 18.7. The lowest BCUT2D eigenvalue weighted by molar-refractivity contribution is -0.139. The van der Waals surface area contributed by atoms with Gasteiger partial charge < -0.3 is 14.7 Å². The molecule has 2 heterocycles. The van der Waals surface area contributed by atoms with Gasteiger partial charge in [0.05, 0.1) is 11.6 Å². The SMILES string of the molecule is CC1Cc2cc(/C(O)=C3/C(=O)C(=O)N(CCc4ccccc4)C3c3ccccc3F)ccc2O1. The van der Waals surface area contributed by atoms with Crippen LogP contribution >= 0.6 is 0 Å². The molecule has 0 spiro atoms. The van der Waals surface area contributed by atoms with Crippen LogP contribution in [0.4, 0.5) is 4.39 Å². The number of amides is 1. The summed E-state index contributed by atoms with van der Waals surface area (Å²) in [5.74, 6) is -1.68. The smallest absolute Gasteiger partial charge is 0.295 e. The predicted octanol–water partition coefficient (Wildman–Crippen LogP) is 4.81. The first-order valence-corrected chi connectivity index (χ1v) is 11.3. The van der Waals surface area contributed by atoms with Gasteiger partial charge in [0, 0.05) is 24.1 Å². The molecule has 0 aromatic heterocycles. The van der Waals surface area contributed by atoms with Crippen LogP contribution in [0.5, 0.6) is 5.75 Å². The molecule has 34 heavy (non-hydrogen) atoms. The Bertz CT molecular complexity index is 1300. The Labute approximate surface area is 197 Å². The Hall–Kier alpha value is -3.93. The summed E-state index contributed by atoms with van der Waals surface area (Å²) < 4.78 is 20.7. The number of ketones is 1. The standard InChI is InChI=1S/C28H24FNO4/c1-17-15-20-16-19(11-12-23(20)34-17)26(31)24-25(21-9-5-6-10-22(21)29)30(28(33)27(24)32)14-13-18-7-3-2-4-8-18/h2-12,16-17,25,31H,13-15H2,1H3/b26-24-. The summed E-state index contributed by atoms with van der Waals surface area (Å²) in [5.41, 5.74) is 2.38. The largest absolute Gasteiger partial charge is 0.507 e. The fourth-order valence-electron chi connectivity index (χ4n) is 4.75. The summed E-state index contributed by atoms with van der Waals surface area (Å²) in [6, 6.07) is 19.8. The topological polar surface area (TPSA) is 66.8 Å². The van der Waals surface area contributed by atoms with Gasteiger partial charge in [0.25, 0.3) is 11.7 Å². The minimum Gasteiger partial charge on any atom is -0.507 e. The number of ether oxygens (including phenoxy) is 1. The second-order valence-corrected chi connectivity index (χ2v) is 8.70. The molecule has 0 saturated carbocycles. The maximum Gasteiger partial charge on any atom is 0.295 e. The minimum atomic E-state index is -1.02. The van der Waals surface area contributed by atoms with Crippen LogP contribution in [0.3, 0.4) is 0 Å². The van der Waals surface area contributed by atoms with Gasteiger partial charge in [-0.1, -0.05) is 48.5 Å². The van der Waals surface area contributed by atoms with Gasteiger partial charge >= 0.3 is 0 Å². The number of hydrogen-bond donors (Lipinski definition) is 1. The number of hydrogen-bond acceptors (Lipinski definition) is 4. The Morgan fingerprint density at radius 2 is 1.79 bits per heavy atom. The van der Waals surface area contributed by atoms with E-state index < -0.39 is 23.5 Å². The highest BCUT2D eigenvalue weighted by Gasteiger charge is 2.46. The van der Waals surface area contributed by atoms with Gasteiger partial charge in [0.2, 0.25) is 0 Å². The molecule has 1 amide bonds. The van der Waals surface area contributed by atoms with Crippen molar-refractivity contribution in [3.63, 3.8) is 0 Å². The van der Waals surface area contributed by atoms with Crippen LogP contribution in [0, 0.1) is 5.82 Å². The first kappa shape index (κ1) is 21.9. The van der Waals surface area contributed by atoms with E-state index in [2.05, 4.69) is 0 Å². The summed E-state index contributed by atoms with van der Waals surface area (Å²) in [7, 11) is 0. The molecular formula is C28H24FNO4.